The highest BCUT2D eigenvalue weighted by Gasteiger charge is 2.16. The summed E-state index contributed by atoms with van der Waals surface area (Å²) < 4.78 is 6.61. The van der Waals surface area contributed by atoms with Crippen molar-refractivity contribution in [1.29, 1.82) is 0 Å². The average molecular weight is 289 g/mol. The van der Waals surface area contributed by atoms with Crippen molar-refractivity contribution in [2.24, 2.45) is 0 Å². The van der Waals surface area contributed by atoms with Gasteiger partial charge in [0.2, 0.25) is 0 Å². The van der Waals surface area contributed by atoms with E-state index in [0.717, 1.165) is 6.29 Å². The summed E-state index contributed by atoms with van der Waals surface area (Å²) in [6.07, 6.45) is 2.35. The van der Waals surface area contributed by atoms with Crippen LogP contribution in [0.3, 0.4) is 0 Å². The van der Waals surface area contributed by atoms with Crippen LogP contribution in [-0.2, 0) is 4.74 Å². The van der Waals surface area contributed by atoms with E-state index in [1.807, 2.05) is 6.92 Å². The Morgan fingerprint density at radius 1 is 1.43 bits per heavy atom. The molecule has 0 aliphatic heterocycles. The van der Waals surface area contributed by atoms with E-state index in [1.165, 1.54) is 16.8 Å². The number of non-ortho nitro benzene ring substituents is 1. The molecule has 0 spiro atoms. The number of hydrogen-bond donors (Lipinski definition) is 0. The molecule has 0 aliphatic carbocycles. The maximum absolute atomic E-state index is 11.1. The van der Waals surface area contributed by atoms with Crippen LogP contribution >= 0.6 is 0 Å². The highest BCUT2D eigenvalue weighted by Crippen LogP contribution is 2.20. The molecule has 1 unspecified atom stereocenters. The van der Waals surface area contributed by atoms with E-state index in [1.54, 1.807) is 25.4 Å². The van der Waals surface area contributed by atoms with Gasteiger partial charge in [0.25, 0.3) is 5.69 Å². The van der Waals surface area contributed by atoms with Crippen molar-refractivity contribution in [2.75, 3.05) is 13.7 Å². The fourth-order valence-electron chi connectivity index (χ4n) is 2.06. The number of ether oxygens (including phenoxy) is 1. The van der Waals surface area contributed by atoms with Crippen LogP contribution in [0.4, 0.5) is 5.69 Å². The van der Waals surface area contributed by atoms with Crippen LogP contribution in [0.1, 0.15) is 28.9 Å². The fraction of sp³-hybridized carbons (Fsp3) is 0.286. The first kappa shape index (κ1) is 14.9. The molecule has 2 aromatic rings. The van der Waals surface area contributed by atoms with Crippen LogP contribution in [0.25, 0.3) is 5.69 Å². The van der Waals surface area contributed by atoms with Gasteiger partial charge < -0.3 is 4.74 Å². The van der Waals surface area contributed by atoms with Gasteiger partial charge in [-0.15, -0.1) is 0 Å². The van der Waals surface area contributed by atoms with Crippen molar-refractivity contribution in [2.45, 2.75) is 12.8 Å². The second-order valence-electron chi connectivity index (χ2n) is 4.66. The lowest BCUT2D eigenvalue weighted by Gasteiger charge is -2.07. The maximum Gasteiger partial charge on any atom is 0.269 e. The predicted molar refractivity (Wildman–Crippen MR) is 75.9 cm³/mol. The molecule has 1 aromatic heterocycles. The molecule has 0 aliphatic rings. The lowest BCUT2D eigenvalue weighted by molar-refractivity contribution is -0.384. The van der Waals surface area contributed by atoms with Crippen LogP contribution in [0.5, 0.6) is 0 Å². The number of nitro groups is 1. The van der Waals surface area contributed by atoms with E-state index in [4.69, 9.17) is 4.74 Å². The lowest BCUT2D eigenvalue weighted by atomic mass is 10.1. The fourth-order valence-corrected chi connectivity index (χ4v) is 2.06. The minimum Gasteiger partial charge on any atom is -0.384 e. The highest BCUT2D eigenvalue weighted by atomic mass is 16.6. The molecular weight excluding hydrogens is 274 g/mol. The summed E-state index contributed by atoms with van der Waals surface area (Å²) in [4.78, 5) is 21.3. The third-order valence-corrected chi connectivity index (χ3v) is 3.11. The third kappa shape index (κ3) is 3.14. The van der Waals surface area contributed by atoms with Crippen LogP contribution in [-0.4, -0.2) is 34.7 Å². The molecule has 0 fully saturated rings. The summed E-state index contributed by atoms with van der Waals surface area (Å²) in [6, 6.07) is 5.97. The lowest BCUT2D eigenvalue weighted by Crippen LogP contribution is -2.05. The smallest absolute Gasteiger partial charge is 0.269 e. The quantitative estimate of drug-likeness (QED) is 0.462. The van der Waals surface area contributed by atoms with Gasteiger partial charge in [-0.25, -0.2) is 4.68 Å². The number of nitro benzene ring substituents is 1. The number of carbonyl (C=O) groups is 1. The first-order valence-electron chi connectivity index (χ1n) is 6.35. The number of aldehydes is 1. The first-order valence-corrected chi connectivity index (χ1v) is 6.35. The molecular formula is C14H15N3O4. The number of aromatic nitrogens is 2. The van der Waals surface area contributed by atoms with Gasteiger partial charge in [0.1, 0.15) is 0 Å². The number of benzene rings is 1. The molecule has 21 heavy (non-hydrogen) atoms. The standard InChI is InChI=1S/C14H15N3O4/c1-10(9-21-2)14-11(8-18)7-16(15-14)12-3-5-13(6-4-12)17(19)20/h3-8,10H,9H2,1-2H3. The van der Waals surface area contributed by atoms with E-state index >= 15 is 0 Å². The van der Waals surface area contributed by atoms with Crippen LogP contribution in [0.2, 0.25) is 0 Å². The zero-order valence-electron chi connectivity index (χ0n) is 11.7. The Bertz CT molecular complexity index is 649. The van der Waals surface area contributed by atoms with Crippen molar-refractivity contribution in [1.82, 2.24) is 9.78 Å². The van der Waals surface area contributed by atoms with Gasteiger partial charge in [-0.2, -0.15) is 5.10 Å². The summed E-state index contributed by atoms with van der Waals surface area (Å²) in [5, 5.41) is 15.0. The largest absolute Gasteiger partial charge is 0.384 e. The van der Waals surface area contributed by atoms with Gasteiger partial charge in [-0.05, 0) is 12.1 Å². The average Bonchev–Trinajstić information content (AvgIpc) is 2.92. The normalized spacial score (nSPS) is 12.1. The van der Waals surface area contributed by atoms with Gasteiger partial charge in [0.15, 0.2) is 6.29 Å². The van der Waals surface area contributed by atoms with Gasteiger partial charge in [-0.3, -0.25) is 14.9 Å². The SMILES string of the molecule is COCC(C)c1nn(-c2ccc([N+](=O)[O-])cc2)cc1C=O. The van der Waals surface area contributed by atoms with Crippen molar-refractivity contribution >= 4 is 12.0 Å². The van der Waals surface area contributed by atoms with Crippen LogP contribution in [0, 0.1) is 10.1 Å². The summed E-state index contributed by atoms with van der Waals surface area (Å²) in [7, 11) is 1.59. The minimum atomic E-state index is -0.462. The molecule has 0 amide bonds. The molecule has 0 saturated heterocycles. The summed E-state index contributed by atoms with van der Waals surface area (Å²) >= 11 is 0. The maximum atomic E-state index is 11.1. The van der Waals surface area contributed by atoms with Crippen molar-refractivity contribution in [3.8, 4) is 5.69 Å². The molecule has 0 radical (unpaired) electrons. The number of nitrogens with zero attached hydrogens (tertiary/aromatic N) is 3. The molecule has 0 saturated carbocycles. The van der Waals surface area contributed by atoms with Gasteiger partial charge in [-0.1, -0.05) is 6.92 Å². The van der Waals surface area contributed by atoms with Gasteiger partial charge in [0, 0.05) is 31.4 Å². The second-order valence-corrected chi connectivity index (χ2v) is 4.66. The van der Waals surface area contributed by atoms with E-state index in [9.17, 15) is 14.9 Å². The highest BCUT2D eigenvalue weighted by molar-refractivity contribution is 5.76. The second kappa shape index (κ2) is 6.27. The van der Waals surface area contributed by atoms with E-state index in [2.05, 4.69) is 5.10 Å². The number of rotatable bonds is 6. The number of methoxy groups -OCH3 is 1. The molecule has 0 N–H and O–H groups in total. The Kier molecular flexibility index (Phi) is 4.44. The van der Waals surface area contributed by atoms with Crippen LogP contribution < -0.4 is 0 Å². The molecule has 1 atom stereocenters. The Hall–Kier alpha value is -2.54. The molecule has 2 rings (SSSR count). The van der Waals surface area contributed by atoms with E-state index < -0.39 is 4.92 Å². The van der Waals surface area contributed by atoms with E-state index in [-0.39, 0.29) is 11.6 Å². The topological polar surface area (TPSA) is 87.3 Å². The molecule has 110 valence electrons. The van der Waals surface area contributed by atoms with Crippen molar-refractivity contribution in [3.05, 3.63) is 51.8 Å². The molecule has 1 aromatic carbocycles. The summed E-state index contributed by atoms with van der Waals surface area (Å²) in [6.45, 7) is 2.37. The summed E-state index contributed by atoms with van der Waals surface area (Å²) in [5.74, 6) is -0.0190. The Morgan fingerprint density at radius 3 is 2.62 bits per heavy atom. The Morgan fingerprint density at radius 2 is 2.10 bits per heavy atom. The zero-order valence-corrected chi connectivity index (χ0v) is 11.7. The molecule has 0 bridgehead atoms. The number of carbonyl (C=O) groups excluding carboxylic acids is 1. The van der Waals surface area contributed by atoms with Crippen molar-refractivity contribution in [3.63, 3.8) is 0 Å². The molecule has 7 heteroatoms. The monoisotopic (exact) mass is 289 g/mol. The van der Waals surface area contributed by atoms with Gasteiger partial charge >= 0.3 is 0 Å². The number of hydrogen-bond acceptors (Lipinski definition) is 5. The first-order chi connectivity index (χ1) is 10.1. The molecule has 7 nitrogen and oxygen atoms in total. The Labute approximate surface area is 121 Å². The molecule has 1 heterocycles. The van der Waals surface area contributed by atoms with Gasteiger partial charge in [0.05, 0.1) is 28.5 Å². The predicted octanol–water partition coefficient (Wildman–Crippen LogP) is 2.34. The minimum absolute atomic E-state index is 0.00879. The van der Waals surface area contributed by atoms with Crippen LogP contribution in [0.15, 0.2) is 30.5 Å². The zero-order chi connectivity index (χ0) is 15.4. The summed E-state index contributed by atoms with van der Waals surface area (Å²) in [5.41, 5.74) is 1.79. The Balaban J connectivity index is 2.36. The van der Waals surface area contributed by atoms with E-state index in [0.29, 0.717) is 23.6 Å². The van der Waals surface area contributed by atoms with Crippen molar-refractivity contribution < 1.29 is 14.5 Å². The third-order valence-electron chi connectivity index (χ3n) is 3.11.